The van der Waals surface area contributed by atoms with Crippen LogP contribution in [0.15, 0.2) is 24.3 Å². The fourth-order valence-corrected chi connectivity index (χ4v) is 2.07. The molecule has 2 rings (SSSR count). The molecule has 1 heterocycles. The SMILES string of the molecule is CN1CCC(Oc2ccccc2CN)CC1. The molecule has 0 atom stereocenters. The van der Waals surface area contributed by atoms with Gasteiger partial charge < -0.3 is 15.4 Å². The van der Waals surface area contributed by atoms with Gasteiger partial charge in [-0.1, -0.05) is 18.2 Å². The minimum atomic E-state index is 0.351. The lowest BCUT2D eigenvalue weighted by molar-refractivity contribution is 0.113. The average molecular weight is 220 g/mol. The summed E-state index contributed by atoms with van der Waals surface area (Å²) in [6.07, 6.45) is 2.56. The maximum atomic E-state index is 6.02. The lowest BCUT2D eigenvalue weighted by Crippen LogP contribution is -2.35. The Morgan fingerprint density at radius 3 is 2.69 bits per heavy atom. The van der Waals surface area contributed by atoms with Gasteiger partial charge in [0.15, 0.2) is 0 Å². The summed E-state index contributed by atoms with van der Waals surface area (Å²) in [5.74, 6) is 0.958. The van der Waals surface area contributed by atoms with Crippen LogP contribution in [0.2, 0.25) is 0 Å². The van der Waals surface area contributed by atoms with E-state index in [0.29, 0.717) is 12.6 Å². The summed E-state index contributed by atoms with van der Waals surface area (Å²) in [4.78, 5) is 2.34. The molecule has 0 amide bonds. The Balaban J connectivity index is 1.98. The van der Waals surface area contributed by atoms with Crippen molar-refractivity contribution in [3.63, 3.8) is 0 Å². The molecule has 1 aromatic rings. The fourth-order valence-electron chi connectivity index (χ4n) is 2.07. The van der Waals surface area contributed by atoms with Gasteiger partial charge in [-0.15, -0.1) is 0 Å². The first kappa shape index (κ1) is 11.4. The Morgan fingerprint density at radius 1 is 1.31 bits per heavy atom. The van der Waals surface area contributed by atoms with Crippen LogP contribution in [-0.2, 0) is 6.54 Å². The molecule has 0 unspecified atom stereocenters. The molecule has 0 aromatic heterocycles. The topological polar surface area (TPSA) is 38.5 Å². The van der Waals surface area contributed by atoms with E-state index in [1.165, 1.54) is 0 Å². The molecule has 1 aliphatic heterocycles. The molecule has 1 aliphatic rings. The quantitative estimate of drug-likeness (QED) is 0.841. The third-order valence-corrected chi connectivity index (χ3v) is 3.15. The normalized spacial score (nSPS) is 18.6. The van der Waals surface area contributed by atoms with Gasteiger partial charge in [0, 0.05) is 25.2 Å². The van der Waals surface area contributed by atoms with Crippen LogP contribution >= 0.6 is 0 Å². The minimum Gasteiger partial charge on any atom is -0.490 e. The van der Waals surface area contributed by atoms with Crippen molar-refractivity contribution in [2.75, 3.05) is 20.1 Å². The van der Waals surface area contributed by atoms with Crippen LogP contribution in [0.4, 0.5) is 0 Å². The van der Waals surface area contributed by atoms with E-state index in [-0.39, 0.29) is 0 Å². The molecule has 1 aromatic carbocycles. The Hall–Kier alpha value is -1.06. The largest absolute Gasteiger partial charge is 0.490 e. The number of piperidine rings is 1. The molecule has 0 saturated carbocycles. The molecule has 0 radical (unpaired) electrons. The minimum absolute atomic E-state index is 0.351. The van der Waals surface area contributed by atoms with E-state index in [0.717, 1.165) is 37.2 Å². The first-order chi connectivity index (χ1) is 7.79. The number of nitrogens with two attached hydrogens (primary N) is 1. The van der Waals surface area contributed by atoms with Crippen molar-refractivity contribution in [3.8, 4) is 5.75 Å². The first-order valence-electron chi connectivity index (χ1n) is 5.93. The highest BCUT2D eigenvalue weighted by Gasteiger charge is 2.18. The number of nitrogens with zero attached hydrogens (tertiary/aromatic N) is 1. The van der Waals surface area contributed by atoms with Crippen LogP contribution in [0, 0.1) is 0 Å². The Bertz CT molecular complexity index is 332. The Morgan fingerprint density at radius 2 is 2.00 bits per heavy atom. The Kier molecular flexibility index (Phi) is 3.80. The molecule has 16 heavy (non-hydrogen) atoms. The van der Waals surface area contributed by atoms with E-state index in [1.54, 1.807) is 0 Å². The van der Waals surface area contributed by atoms with Crippen molar-refractivity contribution in [3.05, 3.63) is 29.8 Å². The molecule has 3 heteroatoms. The lowest BCUT2D eigenvalue weighted by atomic mass is 10.1. The summed E-state index contributed by atoms with van der Waals surface area (Å²) in [7, 11) is 2.16. The van der Waals surface area contributed by atoms with E-state index in [4.69, 9.17) is 10.5 Å². The Labute approximate surface area is 97.2 Å². The number of likely N-dealkylation sites (tertiary alicyclic amines) is 1. The molecule has 0 aliphatic carbocycles. The highest BCUT2D eigenvalue weighted by atomic mass is 16.5. The van der Waals surface area contributed by atoms with Gasteiger partial charge in [-0.2, -0.15) is 0 Å². The molecule has 1 fully saturated rings. The van der Waals surface area contributed by atoms with Crippen LogP contribution in [0.3, 0.4) is 0 Å². The number of benzene rings is 1. The number of para-hydroxylation sites is 1. The van der Waals surface area contributed by atoms with Gasteiger partial charge in [-0.25, -0.2) is 0 Å². The highest BCUT2D eigenvalue weighted by molar-refractivity contribution is 5.33. The van der Waals surface area contributed by atoms with Gasteiger partial charge in [0.1, 0.15) is 11.9 Å². The molecule has 3 nitrogen and oxygen atoms in total. The van der Waals surface area contributed by atoms with Crippen LogP contribution in [0.1, 0.15) is 18.4 Å². The standard InChI is InChI=1S/C13H20N2O/c1-15-8-6-12(7-9-15)16-13-5-3-2-4-11(13)10-14/h2-5,12H,6-10,14H2,1H3. The van der Waals surface area contributed by atoms with E-state index in [9.17, 15) is 0 Å². The number of hydrogen-bond acceptors (Lipinski definition) is 3. The second-order valence-corrected chi connectivity index (χ2v) is 4.43. The van der Waals surface area contributed by atoms with Gasteiger partial charge in [0.25, 0.3) is 0 Å². The molecule has 2 N–H and O–H groups in total. The second kappa shape index (κ2) is 5.32. The zero-order valence-corrected chi connectivity index (χ0v) is 9.86. The number of ether oxygens (including phenoxy) is 1. The van der Waals surface area contributed by atoms with E-state index < -0.39 is 0 Å². The molecular weight excluding hydrogens is 200 g/mol. The summed E-state index contributed by atoms with van der Waals surface area (Å²) in [6, 6.07) is 8.05. The maximum Gasteiger partial charge on any atom is 0.124 e. The van der Waals surface area contributed by atoms with Crippen molar-refractivity contribution < 1.29 is 4.74 Å². The molecule has 0 bridgehead atoms. The zero-order chi connectivity index (χ0) is 11.4. The van der Waals surface area contributed by atoms with Crippen molar-refractivity contribution in [1.29, 1.82) is 0 Å². The smallest absolute Gasteiger partial charge is 0.124 e. The van der Waals surface area contributed by atoms with Crippen LogP contribution in [0.25, 0.3) is 0 Å². The number of hydrogen-bond donors (Lipinski definition) is 1. The predicted molar refractivity (Wildman–Crippen MR) is 65.5 cm³/mol. The van der Waals surface area contributed by atoms with Crippen molar-refractivity contribution in [2.45, 2.75) is 25.5 Å². The molecule has 0 spiro atoms. The van der Waals surface area contributed by atoms with Gasteiger partial charge in [0.2, 0.25) is 0 Å². The molecule has 88 valence electrons. The van der Waals surface area contributed by atoms with Crippen LogP contribution < -0.4 is 10.5 Å². The third kappa shape index (κ3) is 2.74. The van der Waals surface area contributed by atoms with Gasteiger partial charge in [0.05, 0.1) is 0 Å². The first-order valence-corrected chi connectivity index (χ1v) is 5.93. The van der Waals surface area contributed by atoms with Crippen LogP contribution in [0.5, 0.6) is 5.75 Å². The summed E-state index contributed by atoms with van der Waals surface area (Å²) in [5.41, 5.74) is 6.79. The highest BCUT2D eigenvalue weighted by Crippen LogP contribution is 2.22. The van der Waals surface area contributed by atoms with Crippen LogP contribution in [-0.4, -0.2) is 31.1 Å². The van der Waals surface area contributed by atoms with Crippen molar-refractivity contribution in [1.82, 2.24) is 4.90 Å². The fraction of sp³-hybridized carbons (Fsp3) is 0.538. The van der Waals surface area contributed by atoms with Crippen molar-refractivity contribution >= 4 is 0 Å². The van der Waals surface area contributed by atoms with Gasteiger partial charge in [-0.3, -0.25) is 0 Å². The zero-order valence-electron chi connectivity index (χ0n) is 9.86. The lowest BCUT2D eigenvalue weighted by Gasteiger charge is -2.29. The summed E-state index contributed by atoms with van der Waals surface area (Å²) in [6.45, 7) is 2.79. The predicted octanol–water partition coefficient (Wildman–Crippen LogP) is 1.62. The summed E-state index contributed by atoms with van der Waals surface area (Å²) < 4.78 is 6.02. The summed E-state index contributed by atoms with van der Waals surface area (Å²) in [5, 5.41) is 0. The number of rotatable bonds is 3. The van der Waals surface area contributed by atoms with Gasteiger partial charge in [-0.05, 0) is 26.0 Å². The van der Waals surface area contributed by atoms with Gasteiger partial charge >= 0.3 is 0 Å². The average Bonchev–Trinajstić information content (AvgIpc) is 2.33. The van der Waals surface area contributed by atoms with E-state index in [2.05, 4.69) is 11.9 Å². The van der Waals surface area contributed by atoms with Crippen molar-refractivity contribution in [2.24, 2.45) is 5.73 Å². The van der Waals surface area contributed by atoms with E-state index in [1.807, 2.05) is 24.3 Å². The van der Waals surface area contributed by atoms with E-state index >= 15 is 0 Å². The maximum absolute atomic E-state index is 6.02. The monoisotopic (exact) mass is 220 g/mol. The summed E-state index contributed by atoms with van der Waals surface area (Å²) >= 11 is 0. The molecule has 1 saturated heterocycles. The molecular formula is C13H20N2O. The third-order valence-electron chi connectivity index (χ3n) is 3.15. The second-order valence-electron chi connectivity index (χ2n) is 4.43.